The van der Waals surface area contributed by atoms with Gasteiger partial charge in [-0.1, -0.05) is 0 Å². The molecule has 0 aliphatic carbocycles. The van der Waals surface area contributed by atoms with E-state index in [1.54, 1.807) is 11.8 Å². The molecule has 0 spiro atoms. The van der Waals surface area contributed by atoms with Crippen LogP contribution in [0, 0.1) is 0 Å². The molecule has 5 unspecified atom stereocenters. The number of nitrogens with one attached hydrogen (secondary N) is 2. The first-order chi connectivity index (χ1) is 15.0. The molecule has 182 valence electrons. The van der Waals surface area contributed by atoms with E-state index in [0.29, 0.717) is 31.6 Å². The van der Waals surface area contributed by atoms with Crippen LogP contribution in [0.5, 0.6) is 0 Å². The highest BCUT2D eigenvalue weighted by atomic mass is 32.2. The van der Waals surface area contributed by atoms with E-state index < -0.39 is 54.0 Å². The molecule has 0 aromatic rings. The van der Waals surface area contributed by atoms with Crippen LogP contribution in [0.1, 0.15) is 39.0 Å². The van der Waals surface area contributed by atoms with E-state index in [-0.39, 0.29) is 18.7 Å². The maximum Gasteiger partial charge on any atom is 0.328 e. The second-order valence-corrected chi connectivity index (χ2v) is 8.69. The zero-order valence-corrected chi connectivity index (χ0v) is 19.1. The summed E-state index contributed by atoms with van der Waals surface area (Å²) in [6.07, 6.45) is 1.51. The fourth-order valence-electron chi connectivity index (χ4n) is 3.35. The molecule has 12 nitrogen and oxygen atoms in total. The number of thioether (sulfide) groups is 1. The minimum absolute atomic E-state index is 0.174. The zero-order chi connectivity index (χ0) is 24.4. The summed E-state index contributed by atoms with van der Waals surface area (Å²) >= 11 is 1.55. The molecule has 8 N–H and O–H groups in total. The van der Waals surface area contributed by atoms with Crippen molar-refractivity contribution in [1.29, 1.82) is 0 Å². The molecule has 0 aromatic carbocycles. The van der Waals surface area contributed by atoms with Gasteiger partial charge in [0, 0.05) is 13.0 Å². The maximum atomic E-state index is 12.9. The first kappa shape index (κ1) is 27.7. The number of primary amides is 1. The van der Waals surface area contributed by atoms with Gasteiger partial charge in [-0.05, 0) is 44.6 Å². The Morgan fingerprint density at radius 3 is 2.38 bits per heavy atom. The number of rotatable bonds is 13. The highest BCUT2D eigenvalue weighted by molar-refractivity contribution is 7.98. The van der Waals surface area contributed by atoms with Crippen LogP contribution < -0.4 is 22.1 Å². The first-order valence-electron chi connectivity index (χ1n) is 10.3. The summed E-state index contributed by atoms with van der Waals surface area (Å²) in [6.45, 7) is 1.55. The van der Waals surface area contributed by atoms with E-state index in [1.807, 2.05) is 6.26 Å². The largest absolute Gasteiger partial charge is 0.480 e. The van der Waals surface area contributed by atoms with E-state index in [2.05, 4.69) is 10.6 Å². The summed E-state index contributed by atoms with van der Waals surface area (Å²) in [5.74, 6) is -3.32. The van der Waals surface area contributed by atoms with Crippen LogP contribution in [0.3, 0.4) is 0 Å². The standard InChI is InChI=1S/C19H33N5O7S/c1-10(25)15(19(30)31)23-16(27)12(5-6-14(21)26)22-17(28)13-4-3-8-24(13)18(29)11(20)7-9-32-2/h10-13,15,25H,3-9,20H2,1-2H3,(H2,21,26)(H,22,28)(H,23,27)(H,30,31). The molecule has 0 saturated carbocycles. The molecule has 13 heteroatoms. The van der Waals surface area contributed by atoms with Gasteiger partial charge < -0.3 is 37.2 Å². The number of amides is 4. The highest BCUT2D eigenvalue weighted by Crippen LogP contribution is 2.19. The third-order valence-electron chi connectivity index (χ3n) is 5.15. The molecule has 32 heavy (non-hydrogen) atoms. The predicted octanol–water partition coefficient (Wildman–Crippen LogP) is -2.24. The molecule has 4 amide bonds. The molecule has 1 saturated heterocycles. The number of carboxylic acids is 1. The number of hydrogen-bond donors (Lipinski definition) is 6. The first-order valence-corrected chi connectivity index (χ1v) is 11.7. The Labute approximate surface area is 190 Å². The smallest absolute Gasteiger partial charge is 0.328 e. The molecular formula is C19H33N5O7S. The van der Waals surface area contributed by atoms with Crippen molar-refractivity contribution in [3.8, 4) is 0 Å². The van der Waals surface area contributed by atoms with Gasteiger partial charge in [0.15, 0.2) is 6.04 Å². The SMILES string of the molecule is CSCCC(N)C(=O)N1CCCC1C(=O)NC(CCC(N)=O)C(=O)NC(C(=O)O)C(C)O. The molecule has 1 aliphatic heterocycles. The van der Waals surface area contributed by atoms with E-state index in [4.69, 9.17) is 16.6 Å². The number of carbonyl (C=O) groups excluding carboxylic acids is 4. The highest BCUT2D eigenvalue weighted by Gasteiger charge is 2.38. The summed E-state index contributed by atoms with van der Waals surface area (Å²) in [5.41, 5.74) is 11.1. The third-order valence-corrected chi connectivity index (χ3v) is 5.79. The quantitative estimate of drug-likeness (QED) is 0.170. The molecule has 1 fully saturated rings. The molecule has 0 bridgehead atoms. The Kier molecular flexibility index (Phi) is 11.4. The second kappa shape index (κ2) is 13.2. The average Bonchev–Trinajstić information content (AvgIpc) is 3.21. The molecule has 1 aliphatic rings. The second-order valence-electron chi connectivity index (χ2n) is 7.71. The fourth-order valence-corrected chi connectivity index (χ4v) is 3.84. The van der Waals surface area contributed by atoms with Gasteiger partial charge >= 0.3 is 5.97 Å². The van der Waals surface area contributed by atoms with Crippen LogP contribution in [0.15, 0.2) is 0 Å². The molecule has 1 heterocycles. The third kappa shape index (κ3) is 8.28. The lowest BCUT2D eigenvalue weighted by Gasteiger charge is -2.28. The van der Waals surface area contributed by atoms with Crippen LogP contribution in [0.2, 0.25) is 0 Å². The lowest BCUT2D eigenvalue weighted by Crippen LogP contribution is -2.58. The Morgan fingerprint density at radius 2 is 1.84 bits per heavy atom. The number of nitrogens with two attached hydrogens (primary N) is 2. The lowest BCUT2D eigenvalue weighted by atomic mass is 10.1. The number of hydrogen-bond acceptors (Lipinski definition) is 8. The Morgan fingerprint density at radius 1 is 1.19 bits per heavy atom. The van der Waals surface area contributed by atoms with Crippen molar-refractivity contribution in [1.82, 2.24) is 15.5 Å². The predicted molar refractivity (Wildman–Crippen MR) is 117 cm³/mol. The monoisotopic (exact) mass is 475 g/mol. The van der Waals surface area contributed by atoms with E-state index in [1.165, 1.54) is 11.8 Å². The van der Waals surface area contributed by atoms with Crippen molar-refractivity contribution < 1.29 is 34.2 Å². The number of aliphatic carboxylic acids is 1. The number of nitrogens with zero attached hydrogens (tertiary/aromatic N) is 1. The van der Waals surface area contributed by atoms with Crippen molar-refractivity contribution >= 4 is 41.4 Å². The Bertz CT molecular complexity index is 706. The van der Waals surface area contributed by atoms with Crippen LogP contribution in [0.4, 0.5) is 0 Å². The van der Waals surface area contributed by atoms with E-state index in [9.17, 15) is 29.1 Å². The molecular weight excluding hydrogens is 442 g/mol. The van der Waals surface area contributed by atoms with Crippen molar-refractivity contribution in [2.75, 3.05) is 18.6 Å². The summed E-state index contributed by atoms with van der Waals surface area (Å²) in [4.78, 5) is 62.0. The number of carboxylic acid groups (broad SMARTS) is 1. The van der Waals surface area contributed by atoms with Gasteiger partial charge in [0.1, 0.15) is 12.1 Å². The van der Waals surface area contributed by atoms with Gasteiger partial charge in [0.25, 0.3) is 0 Å². The maximum absolute atomic E-state index is 12.9. The summed E-state index contributed by atoms with van der Waals surface area (Å²) < 4.78 is 0. The molecule has 5 atom stereocenters. The van der Waals surface area contributed by atoms with Gasteiger partial charge in [-0.3, -0.25) is 19.2 Å². The van der Waals surface area contributed by atoms with Crippen molar-refractivity contribution in [2.24, 2.45) is 11.5 Å². The minimum atomic E-state index is -1.60. The van der Waals surface area contributed by atoms with Crippen molar-refractivity contribution in [3.05, 3.63) is 0 Å². The molecule has 0 aromatic heterocycles. The number of aliphatic hydroxyl groups is 1. The van der Waals surface area contributed by atoms with Gasteiger partial charge in [-0.15, -0.1) is 0 Å². The van der Waals surface area contributed by atoms with Crippen LogP contribution in [-0.4, -0.2) is 93.5 Å². The van der Waals surface area contributed by atoms with Crippen LogP contribution in [-0.2, 0) is 24.0 Å². The number of aliphatic hydroxyl groups excluding tert-OH is 1. The Hall–Kier alpha value is -2.38. The van der Waals surface area contributed by atoms with E-state index >= 15 is 0 Å². The van der Waals surface area contributed by atoms with Crippen molar-refractivity contribution in [3.63, 3.8) is 0 Å². The van der Waals surface area contributed by atoms with Gasteiger partial charge in [-0.2, -0.15) is 11.8 Å². The van der Waals surface area contributed by atoms with E-state index in [0.717, 1.165) is 0 Å². The van der Waals surface area contributed by atoms with Crippen molar-refractivity contribution in [2.45, 2.75) is 69.3 Å². The summed E-state index contributed by atoms with van der Waals surface area (Å²) in [7, 11) is 0. The topological polar surface area (TPSA) is 205 Å². The minimum Gasteiger partial charge on any atom is -0.480 e. The molecule has 1 rings (SSSR count). The summed E-state index contributed by atoms with van der Waals surface area (Å²) in [6, 6.07) is -4.46. The molecule has 0 radical (unpaired) electrons. The lowest BCUT2D eigenvalue weighted by molar-refractivity contribution is -0.145. The zero-order valence-electron chi connectivity index (χ0n) is 18.3. The van der Waals surface area contributed by atoms with Crippen LogP contribution >= 0.6 is 11.8 Å². The van der Waals surface area contributed by atoms with Gasteiger partial charge in [0.2, 0.25) is 23.6 Å². The van der Waals surface area contributed by atoms with Crippen LogP contribution in [0.25, 0.3) is 0 Å². The summed E-state index contributed by atoms with van der Waals surface area (Å²) in [5, 5.41) is 23.4. The number of carbonyl (C=O) groups is 5. The van der Waals surface area contributed by atoms with Gasteiger partial charge in [-0.25, -0.2) is 4.79 Å². The number of likely N-dealkylation sites (tertiary alicyclic amines) is 1. The fraction of sp³-hybridized carbons (Fsp3) is 0.737. The Balaban J connectivity index is 2.92. The normalized spacial score (nSPS) is 19.5. The average molecular weight is 476 g/mol. The van der Waals surface area contributed by atoms with Gasteiger partial charge in [0.05, 0.1) is 12.1 Å².